The van der Waals surface area contributed by atoms with Crippen LogP contribution in [0.1, 0.15) is 33.4 Å². The summed E-state index contributed by atoms with van der Waals surface area (Å²) < 4.78 is 5.51. The number of aryl methyl sites for hydroxylation is 3. The van der Waals surface area contributed by atoms with Gasteiger partial charge in [0, 0.05) is 24.5 Å². The molecule has 4 nitrogen and oxygen atoms in total. The molecule has 5 rings (SSSR count). The Morgan fingerprint density at radius 3 is 2.16 bits per heavy atom. The maximum Gasteiger partial charge on any atom is 0.338 e. The number of ether oxygens (including phenoxy) is 1. The summed E-state index contributed by atoms with van der Waals surface area (Å²) in [5, 5.41) is 0. The SMILES string of the molecule is COC(=O)[C@]1(c2cccc(C)c2)CN2Cc3cc(C)ccc3N1Cc1cc(C)ccc12. The van der Waals surface area contributed by atoms with E-state index in [-0.39, 0.29) is 5.97 Å². The number of hydrogen-bond donors (Lipinski definition) is 0. The number of hydrogen-bond acceptors (Lipinski definition) is 4. The quantitative estimate of drug-likeness (QED) is 0.553. The minimum absolute atomic E-state index is 0.221. The molecule has 0 radical (unpaired) electrons. The van der Waals surface area contributed by atoms with Crippen LogP contribution in [-0.4, -0.2) is 19.6 Å². The van der Waals surface area contributed by atoms with Gasteiger partial charge in [0.1, 0.15) is 0 Å². The third-order valence-electron chi connectivity index (χ3n) is 6.69. The lowest BCUT2D eigenvalue weighted by atomic mass is 9.86. The first-order valence-electron chi connectivity index (χ1n) is 10.8. The Labute approximate surface area is 184 Å². The molecule has 0 unspecified atom stereocenters. The largest absolute Gasteiger partial charge is 0.467 e. The first kappa shape index (κ1) is 19.7. The lowest BCUT2D eigenvalue weighted by molar-refractivity contribution is -0.147. The van der Waals surface area contributed by atoms with Crippen LogP contribution in [0.4, 0.5) is 11.4 Å². The molecule has 1 atom stereocenters. The van der Waals surface area contributed by atoms with Crippen molar-refractivity contribution in [2.24, 2.45) is 0 Å². The maximum atomic E-state index is 13.7. The van der Waals surface area contributed by atoms with Crippen LogP contribution < -0.4 is 9.80 Å². The van der Waals surface area contributed by atoms with Gasteiger partial charge in [0.25, 0.3) is 0 Å². The van der Waals surface area contributed by atoms with Crippen molar-refractivity contribution in [1.82, 2.24) is 0 Å². The highest BCUT2D eigenvalue weighted by Crippen LogP contribution is 2.46. The molecule has 3 aromatic carbocycles. The van der Waals surface area contributed by atoms with E-state index in [9.17, 15) is 4.79 Å². The van der Waals surface area contributed by atoms with E-state index in [1.807, 2.05) is 6.07 Å². The van der Waals surface area contributed by atoms with Gasteiger partial charge in [-0.3, -0.25) is 0 Å². The summed E-state index contributed by atoms with van der Waals surface area (Å²) in [6.07, 6.45) is 0. The molecule has 2 aliphatic rings. The van der Waals surface area contributed by atoms with Crippen LogP contribution in [0.15, 0.2) is 60.7 Å². The predicted octanol–water partition coefficient (Wildman–Crippen LogP) is 5.02. The smallest absolute Gasteiger partial charge is 0.338 e. The summed E-state index contributed by atoms with van der Waals surface area (Å²) in [7, 11) is 1.50. The van der Waals surface area contributed by atoms with Crippen molar-refractivity contribution in [3.63, 3.8) is 0 Å². The molecule has 2 bridgehead atoms. The van der Waals surface area contributed by atoms with Crippen molar-refractivity contribution in [3.05, 3.63) is 94.0 Å². The first-order valence-corrected chi connectivity index (χ1v) is 10.8. The van der Waals surface area contributed by atoms with E-state index in [4.69, 9.17) is 4.74 Å². The molecule has 158 valence electrons. The van der Waals surface area contributed by atoms with Crippen LogP contribution >= 0.6 is 0 Å². The lowest BCUT2D eigenvalue weighted by Gasteiger charge is -2.42. The summed E-state index contributed by atoms with van der Waals surface area (Å²) >= 11 is 0. The van der Waals surface area contributed by atoms with Gasteiger partial charge in [-0.15, -0.1) is 0 Å². The Hall–Kier alpha value is -3.27. The molecule has 0 saturated heterocycles. The maximum absolute atomic E-state index is 13.7. The van der Waals surface area contributed by atoms with Crippen molar-refractivity contribution in [1.29, 1.82) is 0 Å². The standard InChI is InChI=1S/C27H28N2O2/c1-18-6-5-7-23(14-18)27(26(30)31-4)17-28-15-21-12-20(3)9-11-25(21)29(27)16-22-13-19(2)8-10-24(22)28/h5-14H,15-17H2,1-4H3/t27-/m1/s1. The van der Waals surface area contributed by atoms with Gasteiger partial charge in [0.05, 0.1) is 13.7 Å². The van der Waals surface area contributed by atoms with Gasteiger partial charge in [-0.25, -0.2) is 4.79 Å². The van der Waals surface area contributed by atoms with E-state index in [0.717, 1.165) is 23.4 Å². The Morgan fingerprint density at radius 2 is 1.48 bits per heavy atom. The summed E-state index contributed by atoms with van der Waals surface area (Å²) in [5.41, 5.74) is 8.40. The monoisotopic (exact) mass is 412 g/mol. The van der Waals surface area contributed by atoms with Gasteiger partial charge in [0.15, 0.2) is 5.54 Å². The Kier molecular flexibility index (Phi) is 4.54. The number of fused-ring (bicyclic) bond motifs is 7. The van der Waals surface area contributed by atoms with Crippen molar-refractivity contribution < 1.29 is 9.53 Å². The number of anilines is 2. The topological polar surface area (TPSA) is 32.8 Å². The van der Waals surface area contributed by atoms with E-state index < -0.39 is 5.54 Å². The van der Waals surface area contributed by atoms with Gasteiger partial charge in [-0.2, -0.15) is 0 Å². The normalized spacial score (nSPS) is 19.4. The number of carbonyl (C=O) groups is 1. The Balaban J connectivity index is 1.84. The highest BCUT2D eigenvalue weighted by Gasteiger charge is 2.52. The molecule has 2 heterocycles. The van der Waals surface area contributed by atoms with E-state index in [2.05, 4.69) is 85.2 Å². The minimum atomic E-state index is -0.936. The molecule has 4 heteroatoms. The molecule has 3 aromatic rings. The van der Waals surface area contributed by atoms with Crippen molar-refractivity contribution in [2.45, 2.75) is 39.4 Å². The zero-order valence-electron chi connectivity index (χ0n) is 18.6. The first-order chi connectivity index (χ1) is 14.9. The Bertz CT molecular complexity index is 1190. The second-order valence-corrected chi connectivity index (χ2v) is 8.93. The van der Waals surface area contributed by atoms with E-state index in [1.54, 1.807) is 0 Å². The zero-order valence-corrected chi connectivity index (χ0v) is 18.6. The molecule has 0 saturated carbocycles. The van der Waals surface area contributed by atoms with E-state index in [0.29, 0.717) is 13.1 Å². The molecular formula is C27H28N2O2. The highest BCUT2D eigenvalue weighted by molar-refractivity contribution is 5.90. The fourth-order valence-electron chi connectivity index (χ4n) is 5.25. The summed E-state index contributed by atoms with van der Waals surface area (Å²) in [5.74, 6) is -0.221. The van der Waals surface area contributed by atoms with Crippen LogP contribution in [-0.2, 0) is 28.2 Å². The molecule has 0 fully saturated rings. The second-order valence-electron chi connectivity index (χ2n) is 8.93. The Morgan fingerprint density at radius 1 is 0.839 bits per heavy atom. The molecule has 0 spiro atoms. The number of methoxy groups -OCH3 is 1. The van der Waals surface area contributed by atoms with Gasteiger partial charge in [0.2, 0.25) is 0 Å². The number of benzene rings is 3. The van der Waals surface area contributed by atoms with Gasteiger partial charge < -0.3 is 14.5 Å². The van der Waals surface area contributed by atoms with Gasteiger partial charge in [-0.05, 0) is 49.6 Å². The van der Waals surface area contributed by atoms with Crippen LogP contribution in [0.2, 0.25) is 0 Å². The summed E-state index contributed by atoms with van der Waals surface area (Å²) in [6.45, 7) is 8.25. The summed E-state index contributed by atoms with van der Waals surface area (Å²) in [4.78, 5) is 18.3. The van der Waals surface area contributed by atoms with E-state index in [1.165, 1.54) is 35.1 Å². The van der Waals surface area contributed by atoms with Crippen LogP contribution in [0, 0.1) is 20.8 Å². The predicted molar refractivity (Wildman–Crippen MR) is 124 cm³/mol. The third-order valence-corrected chi connectivity index (χ3v) is 6.69. The fraction of sp³-hybridized carbons (Fsp3) is 0.296. The molecular weight excluding hydrogens is 384 g/mol. The average molecular weight is 413 g/mol. The molecule has 0 aliphatic carbocycles. The lowest BCUT2D eigenvalue weighted by Crippen LogP contribution is -2.56. The van der Waals surface area contributed by atoms with Gasteiger partial charge >= 0.3 is 5.97 Å². The number of nitrogens with zero attached hydrogens (tertiary/aromatic N) is 2. The molecule has 0 amide bonds. The number of carbonyl (C=O) groups excluding carboxylic acids is 1. The zero-order chi connectivity index (χ0) is 21.8. The molecule has 0 aromatic heterocycles. The third kappa shape index (κ3) is 3.01. The molecule has 2 aliphatic heterocycles. The van der Waals surface area contributed by atoms with Gasteiger partial charge in [-0.1, -0.05) is 65.2 Å². The second kappa shape index (κ2) is 7.16. The average Bonchev–Trinajstić information content (AvgIpc) is 2.97. The van der Waals surface area contributed by atoms with Crippen LogP contribution in [0.25, 0.3) is 0 Å². The minimum Gasteiger partial charge on any atom is -0.467 e. The van der Waals surface area contributed by atoms with Crippen LogP contribution in [0.5, 0.6) is 0 Å². The van der Waals surface area contributed by atoms with Crippen molar-refractivity contribution in [3.8, 4) is 0 Å². The van der Waals surface area contributed by atoms with Crippen molar-refractivity contribution >= 4 is 17.3 Å². The van der Waals surface area contributed by atoms with Crippen LogP contribution in [0.3, 0.4) is 0 Å². The number of rotatable bonds is 2. The number of esters is 1. The summed E-state index contributed by atoms with van der Waals surface area (Å²) in [6, 6.07) is 21.5. The van der Waals surface area contributed by atoms with E-state index >= 15 is 0 Å². The highest BCUT2D eigenvalue weighted by atomic mass is 16.5. The fourth-order valence-corrected chi connectivity index (χ4v) is 5.25. The van der Waals surface area contributed by atoms with Crippen molar-refractivity contribution in [2.75, 3.05) is 23.5 Å². The molecule has 0 N–H and O–H groups in total. The molecule has 31 heavy (non-hydrogen) atoms.